The van der Waals surface area contributed by atoms with E-state index in [1.54, 1.807) is 13.0 Å². The number of rotatable bonds is 5. The summed E-state index contributed by atoms with van der Waals surface area (Å²) in [4.78, 5) is 17.0. The van der Waals surface area contributed by atoms with Crippen LogP contribution < -0.4 is 5.32 Å². The van der Waals surface area contributed by atoms with Gasteiger partial charge in [0.2, 0.25) is 0 Å². The molecule has 1 N–H and O–H groups in total. The van der Waals surface area contributed by atoms with E-state index in [0.717, 1.165) is 34.6 Å². The molecule has 33 heavy (non-hydrogen) atoms. The highest BCUT2D eigenvalue weighted by molar-refractivity contribution is 8.04. The first-order chi connectivity index (χ1) is 15.4. The minimum atomic E-state index is -4.53. The van der Waals surface area contributed by atoms with Crippen molar-refractivity contribution in [3.8, 4) is 0 Å². The van der Waals surface area contributed by atoms with E-state index >= 15 is 0 Å². The molecule has 4 rings (SSSR count). The zero-order valence-corrected chi connectivity index (χ0v) is 19.0. The maximum absolute atomic E-state index is 13.3. The van der Waals surface area contributed by atoms with Gasteiger partial charge in [-0.15, -0.1) is 11.8 Å². The summed E-state index contributed by atoms with van der Waals surface area (Å²) in [7, 11) is 1.41. The predicted octanol–water partition coefficient (Wildman–Crippen LogP) is 5.85. The molecular formula is C22H25F5N4OS. The van der Waals surface area contributed by atoms with Gasteiger partial charge < -0.3 is 5.32 Å². The number of allylic oxidation sites excluding steroid dienone is 1. The summed E-state index contributed by atoms with van der Waals surface area (Å²) in [6, 6.07) is 3.33. The number of carbonyl (C=O) groups excluding carboxylic acids is 1. The zero-order valence-electron chi connectivity index (χ0n) is 18.2. The average molecular weight is 489 g/mol. The van der Waals surface area contributed by atoms with Crippen LogP contribution in [-0.4, -0.2) is 26.7 Å². The lowest BCUT2D eigenvalue weighted by Gasteiger charge is -2.25. The number of hydrogen-bond donors (Lipinski definition) is 1. The van der Waals surface area contributed by atoms with Crippen molar-refractivity contribution in [1.29, 1.82) is 0 Å². The van der Waals surface area contributed by atoms with Crippen LogP contribution in [0.4, 0.5) is 22.0 Å². The van der Waals surface area contributed by atoms with Gasteiger partial charge in [0.25, 0.3) is 12.3 Å². The van der Waals surface area contributed by atoms with Crippen LogP contribution in [0, 0.1) is 5.41 Å². The third-order valence-corrected chi connectivity index (χ3v) is 8.45. The first kappa shape index (κ1) is 23.7. The van der Waals surface area contributed by atoms with Crippen LogP contribution >= 0.6 is 11.8 Å². The second-order valence-corrected chi connectivity index (χ2v) is 10.2. The van der Waals surface area contributed by atoms with Crippen LogP contribution in [0.5, 0.6) is 0 Å². The van der Waals surface area contributed by atoms with E-state index in [0.29, 0.717) is 12.0 Å². The van der Waals surface area contributed by atoms with Crippen LogP contribution in [0.1, 0.15) is 68.4 Å². The van der Waals surface area contributed by atoms with Gasteiger partial charge in [0.1, 0.15) is 17.1 Å². The van der Waals surface area contributed by atoms with Crippen LogP contribution in [0.15, 0.2) is 35.4 Å². The predicted molar refractivity (Wildman–Crippen MR) is 116 cm³/mol. The number of nitrogens with one attached hydrogen (secondary N) is 1. The van der Waals surface area contributed by atoms with Gasteiger partial charge in [-0.1, -0.05) is 13.0 Å². The monoisotopic (exact) mass is 488 g/mol. The Balaban J connectivity index is 0.00000324. The van der Waals surface area contributed by atoms with Crippen molar-refractivity contribution in [3.05, 3.63) is 58.0 Å². The number of halogens is 5. The second kappa shape index (κ2) is 8.11. The van der Waals surface area contributed by atoms with E-state index in [1.165, 1.54) is 25.0 Å². The number of aromatic nitrogens is 3. The normalized spacial score (nSPS) is 25.8. The van der Waals surface area contributed by atoms with Crippen LogP contribution in [0.25, 0.3) is 0 Å². The van der Waals surface area contributed by atoms with Crippen LogP contribution in [-0.2, 0) is 18.0 Å². The maximum Gasteiger partial charge on any atom is 0.433 e. The molecule has 1 saturated carbocycles. The summed E-state index contributed by atoms with van der Waals surface area (Å²) >= 11 is 1.47. The number of aryl methyl sites for hydroxylation is 1. The van der Waals surface area contributed by atoms with E-state index in [2.05, 4.69) is 22.3 Å². The van der Waals surface area contributed by atoms with Crippen molar-refractivity contribution in [2.24, 2.45) is 12.5 Å². The quantitative estimate of drug-likeness (QED) is 0.537. The Morgan fingerprint density at radius 3 is 2.70 bits per heavy atom. The van der Waals surface area contributed by atoms with Crippen molar-refractivity contribution in [1.82, 2.24) is 20.1 Å². The summed E-state index contributed by atoms with van der Waals surface area (Å²) < 4.78 is 66.2. The van der Waals surface area contributed by atoms with Gasteiger partial charge in [-0.2, -0.15) is 18.3 Å². The fourth-order valence-electron chi connectivity index (χ4n) is 4.49. The number of amides is 1. The number of fused-ring (bicyclic) bond motifs is 1. The maximum atomic E-state index is 13.3. The van der Waals surface area contributed by atoms with E-state index in [1.807, 2.05) is 6.08 Å². The van der Waals surface area contributed by atoms with Crippen molar-refractivity contribution >= 4 is 17.7 Å². The third kappa shape index (κ3) is 4.27. The highest BCUT2D eigenvalue weighted by Gasteiger charge is 2.66. The van der Waals surface area contributed by atoms with Gasteiger partial charge in [-0.25, -0.2) is 8.78 Å². The van der Waals surface area contributed by atoms with Crippen molar-refractivity contribution in [3.63, 3.8) is 0 Å². The van der Waals surface area contributed by atoms with E-state index in [9.17, 15) is 26.7 Å². The molecule has 2 aliphatic rings. The molecule has 0 bridgehead atoms. The molecule has 3 atom stereocenters. The lowest BCUT2D eigenvalue weighted by atomic mass is 9.95. The Hall–Kier alpha value is -2.43. The molecule has 0 radical (unpaired) electrons. The second-order valence-electron chi connectivity index (χ2n) is 8.81. The smallest absolute Gasteiger partial charge is 0.344 e. The fraction of sp³-hybridized carbons (Fsp3) is 0.500. The van der Waals surface area contributed by atoms with Crippen molar-refractivity contribution in [2.45, 2.75) is 56.5 Å². The number of thioether (sulfide) groups is 1. The van der Waals surface area contributed by atoms with Crippen LogP contribution in [0.2, 0.25) is 0 Å². The Labute approximate surface area is 193 Å². The fourth-order valence-corrected chi connectivity index (χ4v) is 6.32. The van der Waals surface area contributed by atoms with Crippen molar-refractivity contribution in [2.75, 3.05) is 0 Å². The Bertz CT molecular complexity index is 1120. The Morgan fingerprint density at radius 1 is 1.33 bits per heavy atom. The van der Waals surface area contributed by atoms with E-state index < -0.39 is 40.7 Å². The van der Waals surface area contributed by atoms with Crippen molar-refractivity contribution < 1.29 is 28.2 Å². The molecule has 3 heterocycles. The first-order valence-corrected chi connectivity index (χ1v) is 11.2. The molecule has 3 unspecified atom stereocenters. The van der Waals surface area contributed by atoms with Crippen LogP contribution in [0.3, 0.4) is 0 Å². The molecule has 5 nitrogen and oxygen atoms in total. The van der Waals surface area contributed by atoms with Gasteiger partial charge in [-0.3, -0.25) is 14.5 Å². The van der Waals surface area contributed by atoms with Gasteiger partial charge in [0, 0.05) is 19.6 Å². The SMILES string of the molecule is CC(NC(=O)c1cc(C(F)F)nn1C)C1=CCCC2(C)CC2(c2ccnc(C(F)(F)F)c2)S1.[HH]. The molecule has 11 heteroatoms. The number of pyridine rings is 1. The van der Waals surface area contributed by atoms with E-state index in [-0.39, 0.29) is 12.5 Å². The molecule has 0 saturated heterocycles. The molecule has 1 amide bonds. The minimum absolute atomic E-state index is 0. The lowest BCUT2D eigenvalue weighted by Crippen LogP contribution is -2.35. The molecule has 2 aromatic rings. The number of nitrogens with zero attached hydrogens (tertiary/aromatic N) is 3. The molecule has 0 aromatic carbocycles. The highest BCUT2D eigenvalue weighted by Crippen LogP contribution is 2.75. The van der Waals surface area contributed by atoms with E-state index in [4.69, 9.17) is 0 Å². The number of alkyl halides is 5. The lowest BCUT2D eigenvalue weighted by molar-refractivity contribution is -0.141. The number of hydrogen-bond acceptors (Lipinski definition) is 4. The summed E-state index contributed by atoms with van der Waals surface area (Å²) in [6.07, 6.45) is -1.91. The molecule has 2 aromatic heterocycles. The summed E-state index contributed by atoms with van der Waals surface area (Å²) in [5.74, 6) is -0.550. The Kier molecular flexibility index (Phi) is 5.83. The Morgan fingerprint density at radius 2 is 2.06 bits per heavy atom. The molecule has 1 fully saturated rings. The largest absolute Gasteiger partial charge is 0.433 e. The summed E-state index contributed by atoms with van der Waals surface area (Å²) in [6.45, 7) is 3.84. The average Bonchev–Trinajstić information content (AvgIpc) is 3.16. The summed E-state index contributed by atoms with van der Waals surface area (Å²) in [5.41, 5.74) is -1.02. The summed E-state index contributed by atoms with van der Waals surface area (Å²) in [5, 5.41) is 6.48. The van der Waals surface area contributed by atoms with Gasteiger partial charge in [0.05, 0.1) is 10.8 Å². The molecule has 0 spiro atoms. The minimum Gasteiger partial charge on any atom is -0.344 e. The van der Waals surface area contributed by atoms with Gasteiger partial charge >= 0.3 is 6.18 Å². The molecule has 1 aliphatic heterocycles. The number of carbonyl (C=O) groups is 1. The highest BCUT2D eigenvalue weighted by atomic mass is 32.2. The molecular weight excluding hydrogens is 463 g/mol. The molecule has 180 valence electrons. The standard InChI is InChI=1S/C22H23F5N4OS.H2/c1-12(29-19(32)15-10-14(18(23)24)30-31(15)3)16-5-4-7-20(2)11-21(20,33-16)13-6-8-28-17(9-13)22(25,26)27;/h5-6,8-10,12,18H,4,7,11H2,1-3H3,(H,29,32);1H. The topological polar surface area (TPSA) is 59.8 Å². The zero-order chi connectivity index (χ0) is 24.2. The molecule has 1 aliphatic carbocycles. The van der Waals surface area contributed by atoms with Gasteiger partial charge in [0.15, 0.2) is 0 Å². The first-order valence-electron chi connectivity index (χ1n) is 10.4. The van der Waals surface area contributed by atoms with Gasteiger partial charge in [-0.05, 0) is 55.4 Å². The third-order valence-electron chi connectivity index (χ3n) is 6.47.